The molecule has 4 atom stereocenters. The van der Waals surface area contributed by atoms with Gasteiger partial charge < -0.3 is 9.47 Å². The Bertz CT molecular complexity index is 229. The Morgan fingerprint density at radius 1 is 1.43 bits per heavy atom. The highest BCUT2D eigenvalue weighted by atomic mass is 35.5. The van der Waals surface area contributed by atoms with Gasteiger partial charge in [0.25, 0.3) is 0 Å². The Hall–Kier alpha value is -0.280. The first kappa shape index (κ1) is 10.2. The SMILES string of the molecule is COC(=O)[C@H]1OC[C@H]2C[C@H](Cl)C[C@@H]1C2. The topological polar surface area (TPSA) is 35.5 Å². The van der Waals surface area contributed by atoms with Gasteiger partial charge in [-0.05, 0) is 31.1 Å². The molecule has 0 radical (unpaired) electrons. The average Bonchev–Trinajstić information content (AvgIpc) is 2.16. The Morgan fingerprint density at radius 3 is 2.93 bits per heavy atom. The summed E-state index contributed by atoms with van der Waals surface area (Å²) in [5.41, 5.74) is 0. The van der Waals surface area contributed by atoms with Crippen LogP contribution in [-0.4, -0.2) is 31.2 Å². The van der Waals surface area contributed by atoms with E-state index in [4.69, 9.17) is 21.1 Å². The average molecular weight is 219 g/mol. The van der Waals surface area contributed by atoms with Gasteiger partial charge >= 0.3 is 5.97 Å². The van der Waals surface area contributed by atoms with Crippen LogP contribution in [0.2, 0.25) is 0 Å². The summed E-state index contributed by atoms with van der Waals surface area (Å²) in [5.74, 6) is 0.550. The van der Waals surface area contributed by atoms with E-state index in [1.54, 1.807) is 0 Å². The second-order valence-corrected chi connectivity index (χ2v) is 4.82. The zero-order valence-electron chi connectivity index (χ0n) is 8.24. The smallest absolute Gasteiger partial charge is 0.335 e. The van der Waals surface area contributed by atoms with Crippen molar-refractivity contribution in [2.75, 3.05) is 13.7 Å². The third-order valence-electron chi connectivity index (χ3n) is 3.16. The first-order valence-corrected chi connectivity index (χ1v) is 5.48. The van der Waals surface area contributed by atoms with Crippen molar-refractivity contribution in [3.8, 4) is 0 Å². The first-order chi connectivity index (χ1) is 6.70. The van der Waals surface area contributed by atoms with E-state index in [9.17, 15) is 4.79 Å². The highest BCUT2D eigenvalue weighted by molar-refractivity contribution is 6.20. The minimum absolute atomic E-state index is 0.204. The van der Waals surface area contributed by atoms with E-state index in [0.29, 0.717) is 12.5 Å². The van der Waals surface area contributed by atoms with Gasteiger partial charge in [-0.25, -0.2) is 4.79 Å². The molecular weight excluding hydrogens is 204 g/mol. The Labute approximate surface area is 88.7 Å². The number of carbonyl (C=O) groups excluding carboxylic acids is 1. The maximum absolute atomic E-state index is 11.4. The van der Waals surface area contributed by atoms with Crippen LogP contribution < -0.4 is 0 Å². The van der Waals surface area contributed by atoms with Crippen molar-refractivity contribution < 1.29 is 14.3 Å². The molecule has 0 unspecified atom stereocenters. The Balaban J connectivity index is 2.04. The molecule has 14 heavy (non-hydrogen) atoms. The minimum Gasteiger partial charge on any atom is -0.467 e. The quantitative estimate of drug-likeness (QED) is 0.495. The van der Waals surface area contributed by atoms with Gasteiger partial charge in [0.2, 0.25) is 0 Å². The molecule has 1 aliphatic carbocycles. The zero-order valence-corrected chi connectivity index (χ0v) is 9.00. The van der Waals surface area contributed by atoms with Crippen molar-refractivity contribution in [3.63, 3.8) is 0 Å². The summed E-state index contributed by atoms with van der Waals surface area (Å²) in [6, 6.07) is 0. The monoisotopic (exact) mass is 218 g/mol. The number of alkyl halides is 1. The second-order valence-electron chi connectivity index (χ2n) is 4.21. The van der Waals surface area contributed by atoms with Crippen LogP contribution in [0.3, 0.4) is 0 Å². The highest BCUT2D eigenvalue weighted by Gasteiger charge is 2.41. The molecule has 80 valence electrons. The first-order valence-electron chi connectivity index (χ1n) is 5.04. The number of hydrogen-bond acceptors (Lipinski definition) is 3. The van der Waals surface area contributed by atoms with Gasteiger partial charge in [-0.2, -0.15) is 0 Å². The molecule has 1 saturated heterocycles. The lowest BCUT2D eigenvalue weighted by Gasteiger charge is -2.40. The Kier molecular flexibility index (Phi) is 2.98. The van der Waals surface area contributed by atoms with Crippen LogP contribution in [0.25, 0.3) is 0 Å². The number of esters is 1. The van der Waals surface area contributed by atoms with Gasteiger partial charge in [-0.1, -0.05) is 0 Å². The van der Waals surface area contributed by atoms with Gasteiger partial charge in [0, 0.05) is 5.38 Å². The molecule has 0 spiro atoms. The van der Waals surface area contributed by atoms with Gasteiger partial charge in [-0.3, -0.25) is 0 Å². The molecule has 2 bridgehead atoms. The van der Waals surface area contributed by atoms with Crippen molar-refractivity contribution in [1.82, 2.24) is 0 Å². The van der Waals surface area contributed by atoms with Crippen molar-refractivity contribution in [2.45, 2.75) is 30.7 Å². The Morgan fingerprint density at radius 2 is 2.21 bits per heavy atom. The summed E-state index contributed by atoms with van der Waals surface area (Å²) in [4.78, 5) is 11.4. The number of ether oxygens (including phenoxy) is 2. The normalized spacial score (nSPS) is 41.9. The molecule has 1 aliphatic heterocycles. The molecule has 0 aromatic heterocycles. The summed E-state index contributed by atoms with van der Waals surface area (Å²) >= 11 is 6.12. The maximum Gasteiger partial charge on any atom is 0.335 e. The van der Waals surface area contributed by atoms with Crippen LogP contribution in [0.15, 0.2) is 0 Å². The maximum atomic E-state index is 11.4. The van der Waals surface area contributed by atoms with Crippen LogP contribution >= 0.6 is 11.6 Å². The van der Waals surface area contributed by atoms with Crippen LogP contribution in [0.4, 0.5) is 0 Å². The second kappa shape index (κ2) is 4.07. The summed E-state index contributed by atoms with van der Waals surface area (Å²) < 4.78 is 10.2. The van der Waals surface area contributed by atoms with Crippen molar-refractivity contribution in [1.29, 1.82) is 0 Å². The fourth-order valence-corrected chi connectivity index (χ4v) is 3.02. The largest absolute Gasteiger partial charge is 0.467 e. The third kappa shape index (κ3) is 1.89. The molecular formula is C10H15ClO3. The molecule has 4 heteroatoms. The summed E-state index contributed by atoms with van der Waals surface area (Å²) in [6.07, 6.45) is 2.57. The molecule has 0 amide bonds. The lowest BCUT2D eigenvalue weighted by molar-refractivity contribution is -0.167. The van der Waals surface area contributed by atoms with Crippen molar-refractivity contribution in [2.24, 2.45) is 11.8 Å². The number of carbonyl (C=O) groups is 1. The van der Waals surface area contributed by atoms with E-state index < -0.39 is 0 Å². The summed E-state index contributed by atoms with van der Waals surface area (Å²) in [6.45, 7) is 0.652. The van der Waals surface area contributed by atoms with Crippen molar-refractivity contribution >= 4 is 17.6 Å². The fourth-order valence-electron chi connectivity index (χ4n) is 2.54. The lowest BCUT2D eigenvalue weighted by atomic mass is 9.76. The van der Waals surface area contributed by atoms with E-state index >= 15 is 0 Å². The molecule has 0 aromatic carbocycles. The van der Waals surface area contributed by atoms with Gasteiger partial charge in [0.15, 0.2) is 6.10 Å². The number of fused-ring (bicyclic) bond motifs is 2. The third-order valence-corrected chi connectivity index (χ3v) is 3.51. The predicted molar refractivity (Wildman–Crippen MR) is 52.2 cm³/mol. The predicted octanol–water partition coefficient (Wildman–Crippen LogP) is 1.58. The molecule has 1 saturated carbocycles. The minimum atomic E-state index is -0.377. The lowest BCUT2D eigenvalue weighted by Crippen LogP contribution is -2.45. The van der Waals surface area contributed by atoms with Gasteiger partial charge in [0.1, 0.15) is 0 Å². The molecule has 2 fully saturated rings. The molecule has 2 rings (SSSR count). The number of rotatable bonds is 1. The highest BCUT2D eigenvalue weighted by Crippen LogP contribution is 2.39. The van der Waals surface area contributed by atoms with Crippen LogP contribution in [-0.2, 0) is 14.3 Å². The standard InChI is InChI=1S/C10H15ClO3/c1-13-10(12)9-7-2-6(5-14-9)3-8(11)4-7/h6-9H,2-5H2,1H3/t6-,7+,8+,9+/m1/s1. The van der Waals surface area contributed by atoms with Crippen LogP contribution in [0.1, 0.15) is 19.3 Å². The van der Waals surface area contributed by atoms with Crippen molar-refractivity contribution in [3.05, 3.63) is 0 Å². The van der Waals surface area contributed by atoms with Crippen LogP contribution in [0, 0.1) is 11.8 Å². The number of halogens is 1. The molecule has 3 nitrogen and oxygen atoms in total. The van der Waals surface area contributed by atoms with E-state index in [1.807, 2.05) is 0 Å². The fraction of sp³-hybridized carbons (Fsp3) is 0.900. The van der Waals surface area contributed by atoms with E-state index in [1.165, 1.54) is 7.11 Å². The summed E-state index contributed by atoms with van der Waals surface area (Å²) in [5, 5.41) is 0.204. The number of hydrogen-bond donors (Lipinski definition) is 0. The van der Waals surface area contributed by atoms with Gasteiger partial charge in [0.05, 0.1) is 13.7 Å². The van der Waals surface area contributed by atoms with Gasteiger partial charge in [-0.15, -0.1) is 11.6 Å². The molecule has 0 aromatic rings. The zero-order chi connectivity index (χ0) is 10.1. The molecule has 0 N–H and O–H groups in total. The molecule has 1 heterocycles. The number of methoxy groups -OCH3 is 1. The summed E-state index contributed by atoms with van der Waals surface area (Å²) in [7, 11) is 1.40. The van der Waals surface area contributed by atoms with E-state index in [0.717, 1.165) is 19.3 Å². The van der Waals surface area contributed by atoms with E-state index in [-0.39, 0.29) is 23.4 Å². The van der Waals surface area contributed by atoms with Crippen LogP contribution in [0.5, 0.6) is 0 Å². The van der Waals surface area contributed by atoms with E-state index in [2.05, 4.69) is 0 Å². The molecule has 2 aliphatic rings.